The van der Waals surface area contributed by atoms with Gasteiger partial charge < -0.3 is 14.8 Å². The zero-order valence-corrected chi connectivity index (χ0v) is 18.2. The highest BCUT2D eigenvalue weighted by Crippen LogP contribution is 2.35. The topological polar surface area (TPSA) is 82.5 Å². The van der Waals surface area contributed by atoms with Gasteiger partial charge in [0.1, 0.15) is 24.1 Å². The quantitative estimate of drug-likeness (QED) is 0.507. The van der Waals surface area contributed by atoms with Gasteiger partial charge in [-0.15, -0.1) is 11.3 Å². The van der Waals surface area contributed by atoms with E-state index in [1.165, 1.54) is 22.2 Å². The standard InChI is InChI=1S/C24H21N3O4S/c1-15-21(16-7-3-2-4-8-16)22-23(32-15)26-14-27(24(22)29)12-20(28)25-11-17-13-30-18-9-5-6-10-19(18)31-17/h2-10,14,17H,11-13H2,1H3,(H,25,28). The Morgan fingerprint density at radius 3 is 2.72 bits per heavy atom. The van der Waals surface area contributed by atoms with Gasteiger partial charge in [0.25, 0.3) is 5.56 Å². The van der Waals surface area contributed by atoms with Crippen molar-refractivity contribution < 1.29 is 14.3 Å². The monoisotopic (exact) mass is 447 g/mol. The number of amides is 1. The average molecular weight is 448 g/mol. The number of hydrogen-bond donors (Lipinski definition) is 1. The summed E-state index contributed by atoms with van der Waals surface area (Å²) >= 11 is 1.48. The number of nitrogens with one attached hydrogen (secondary N) is 1. The molecule has 4 aromatic rings. The maximum absolute atomic E-state index is 13.2. The summed E-state index contributed by atoms with van der Waals surface area (Å²) in [6.45, 7) is 2.49. The fourth-order valence-corrected chi connectivity index (χ4v) is 4.81. The molecule has 0 saturated carbocycles. The third kappa shape index (κ3) is 3.85. The van der Waals surface area contributed by atoms with E-state index in [-0.39, 0.29) is 30.7 Å². The zero-order chi connectivity index (χ0) is 22.1. The first kappa shape index (κ1) is 20.3. The molecule has 8 heteroatoms. The van der Waals surface area contributed by atoms with Crippen molar-refractivity contribution in [2.24, 2.45) is 0 Å². The van der Waals surface area contributed by atoms with Gasteiger partial charge in [-0.25, -0.2) is 4.98 Å². The van der Waals surface area contributed by atoms with Gasteiger partial charge in [0.15, 0.2) is 11.5 Å². The number of aromatic nitrogens is 2. The normalized spacial score (nSPS) is 15.0. The predicted octanol–water partition coefficient (Wildman–Crippen LogP) is 3.39. The fourth-order valence-electron chi connectivity index (χ4n) is 3.80. The molecule has 1 N–H and O–H groups in total. The summed E-state index contributed by atoms with van der Waals surface area (Å²) < 4.78 is 12.9. The smallest absolute Gasteiger partial charge is 0.263 e. The minimum absolute atomic E-state index is 0.116. The average Bonchev–Trinajstić information content (AvgIpc) is 3.16. The van der Waals surface area contributed by atoms with Crippen molar-refractivity contribution >= 4 is 27.5 Å². The van der Waals surface area contributed by atoms with Gasteiger partial charge in [-0.2, -0.15) is 0 Å². The molecule has 0 saturated heterocycles. The summed E-state index contributed by atoms with van der Waals surface area (Å²) in [6.07, 6.45) is 1.14. The van der Waals surface area contributed by atoms with Crippen LogP contribution >= 0.6 is 11.3 Å². The van der Waals surface area contributed by atoms with Crippen molar-refractivity contribution in [1.29, 1.82) is 0 Å². The Balaban J connectivity index is 1.32. The summed E-state index contributed by atoms with van der Waals surface area (Å²) in [5, 5.41) is 3.38. The van der Waals surface area contributed by atoms with Gasteiger partial charge in [-0.1, -0.05) is 42.5 Å². The molecule has 3 heterocycles. The molecule has 1 amide bonds. The van der Waals surface area contributed by atoms with Gasteiger partial charge in [0.2, 0.25) is 5.91 Å². The van der Waals surface area contributed by atoms with E-state index in [0.29, 0.717) is 28.3 Å². The summed E-state index contributed by atoms with van der Waals surface area (Å²) in [7, 11) is 0. The van der Waals surface area contributed by atoms with Crippen LogP contribution in [0.15, 0.2) is 65.7 Å². The second-order valence-electron chi connectivity index (χ2n) is 7.56. The van der Waals surface area contributed by atoms with Crippen LogP contribution in [0.1, 0.15) is 4.88 Å². The number of rotatable bonds is 5. The summed E-state index contributed by atoms with van der Waals surface area (Å²) in [6, 6.07) is 17.2. The number of benzene rings is 2. The minimum Gasteiger partial charge on any atom is -0.486 e. The van der Waals surface area contributed by atoms with Gasteiger partial charge in [0, 0.05) is 10.4 Å². The number of fused-ring (bicyclic) bond motifs is 2. The van der Waals surface area contributed by atoms with Crippen molar-refractivity contribution in [2.75, 3.05) is 13.2 Å². The number of thiophene rings is 1. The van der Waals surface area contributed by atoms with Crippen molar-refractivity contribution in [3.63, 3.8) is 0 Å². The maximum atomic E-state index is 13.2. The van der Waals surface area contributed by atoms with Crippen LogP contribution in [0, 0.1) is 6.92 Å². The SMILES string of the molecule is Cc1sc2ncn(CC(=O)NCC3COc4ccccc4O3)c(=O)c2c1-c1ccccc1. The minimum atomic E-state index is -0.296. The van der Waals surface area contributed by atoms with Crippen LogP contribution in [0.5, 0.6) is 11.5 Å². The zero-order valence-electron chi connectivity index (χ0n) is 17.4. The third-order valence-electron chi connectivity index (χ3n) is 5.33. The largest absolute Gasteiger partial charge is 0.486 e. The van der Waals surface area contributed by atoms with E-state index in [1.54, 1.807) is 0 Å². The van der Waals surface area contributed by atoms with Crippen LogP contribution in [-0.4, -0.2) is 34.7 Å². The Kier molecular flexibility index (Phi) is 5.36. The molecule has 1 aliphatic rings. The molecule has 1 atom stereocenters. The molecule has 7 nitrogen and oxygen atoms in total. The Morgan fingerprint density at radius 2 is 1.91 bits per heavy atom. The molecule has 32 heavy (non-hydrogen) atoms. The van der Waals surface area contributed by atoms with E-state index in [0.717, 1.165) is 16.0 Å². The van der Waals surface area contributed by atoms with E-state index in [2.05, 4.69) is 10.3 Å². The number of ether oxygens (including phenoxy) is 2. The molecule has 0 spiro atoms. The van der Waals surface area contributed by atoms with E-state index in [1.807, 2.05) is 61.5 Å². The molecule has 2 aromatic heterocycles. The fraction of sp³-hybridized carbons (Fsp3) is 0.208. The molecule has 1 aliphatic heterocycles. The molecule has 162 valence electrons. The lowest BCUT2D eigenvalue weighted by Gasteiger charge is -2.26. The predicted molar refractivity (Wildman–Crippen MR) is 123 cm³/mol. The number of carbonyl (C=O) groups is 1. The van der Waals surface area contributed by atoms with Gasteiger partial charge in [-0.3, -0.25) is 14.2 Å². The Morgan fingerprint density at radius 1 is 1.16 bits per heavy atom. The number of aryl methyl sites for hydroxylation is 1. The molecule has 5 rings (SSSR count). The highest BCUT2D eigenvalue weighted by molar-refractivity contribution is 7.19. The maximum Gasteiger partial charge on any atom is 0.263 e. The first-order valence-corrected chi connectivity index (χ1v) is 11.1. The number of hydrogen-bond acceptors (Lipinski definition) is 6. The Labute approximate surface area is 188 Å². The molecule has 0 radical (unpaired) electrons. The van der Waals surface area contributed by atoms with Crippen molar-refractivity contribution in [3.8, 4) is 22.6 Å². The lowest BCUT2D eigenvalue weighted by Crippen LogP contribution is -2.42. The van der Waals surface area contributed by atoms with Gasteiger partial charge in [-0.05, 0) is 24.6 Å². The summed E-state index contributed by atoms with van der Waals surface area (Å²) in [5.74, 6) is 1.07. The van der Waals surface area contributed by atoms with Crippen LogP contribution in [0.4, 0.5) is 0 Å². The van der Waals surface area contributed by atoms with Crippen molar-refractivity contribution in [1.82, 2.24) is 14.9 Å². The summed E-state index contributed by atoms with van der Waals surface area (Å²) in [5.41, 5.74) is 1.62. The molecule has 2 aromatic carbocycles. The van der Waals surface area contributed by atoms with Crippen molar-refractivity contribution in [2.45, 2.75) is 19.6 Å². The van der Waals surface area contributed by atoms with Gasteiger partial charge >= 0.3 is 0 Å². The highest BCUT2D eigenvalue weighted by atomic mass is 32.1. The lowest BCUT2D eigenvalue weighted by molar-refractivity contribution is -0.122. The van der Waals surface area contributed by atoms with Crippen molar-refractivity contribution in [3.05, 3.63) is 76.2 Å². The second kappa shape index (κ2) is 8.47. The van der Waals surface area contributed by atoms with E-state index in [4.69, 9.17) is 9.47 Å². The molecule has 0 fully saturated rings. The molecule has 0 aliphatic carbocycles. The molecule has 1 unspecified atom stereocenters. The summed E-state index contributed by atoms with van der Waals surface area (Å²) in [4.78, 5) is 31.9. The van der Waals surface area contributed by atoms with Crippen LogP contribution in [0.3, 0.4) is 0 Å². The number of carbonyl (C=O) groups excluding carboxylic acids is 1. The number of nitrogens with zero attached hydrogens (tertiary/aromatic N) is 2. The first-order chi connectivity index (χ1) is 15.6. The van der Waals surface area contributed by atoms with Gasteiger partial charge in [0.05, 0.1) is 18.3 Å². The Bertz CT molecular complexity index is 1350. The lowest BCUT2D eigenvalue weighted by atomic mass is 10.0. The third-order valence-corrected chi connectivity index (χ3v) is 6.34. The van der Waals surface area contributed by atoms with E-state index >= 15 is 0 Å². The van der Waals surface area contributed by atoms with E-state index < -0.39 is 0 Å². The number of para-hydroxylation sites is 2. The molecule has 0 bridgehead atoms. The molecular weight excluding hydrogens is 426 g/mol. The first-order valence-electron chi connectivity index (χ1n) is 10.3. The van der Waals surface area contributed by atoms with Crippen LogP contribution in [-0.2, 0) is 11.3 Å². The van der Waals surface area contributed by atoms with Crippen LogP contribution in [0.2, 0.25) is 0 Å². The second-order valence-corrected chi connectivity index (χ2v) is 8.76. The van der Waals surface area contributed by atoms with E-state index in [9.17, 15) is 9.59 Å². The van der Waals surface area contributed by atoms with Crippen LogP contribution < -0.4 is 20.3 Å². The molecular formula is C24H21N3O4S. The highest BCUT2D eigenvalue weighted by Gasteiger charge is 2.22. The Hall–Kier alpha value is -3.65. The van der Waals surface area contributed by atoms with Crippen LogP contribution in [0.25, 0.3) is 21.3 Å².